The van der Waals surface area contributed by atoms with Crippen LogP contribution in [-0.2, 0) is 6.42 Å². The van der Waals surface area contributed by atoms with Crippen LogP contribution >= 0.6 is 34.9 Å². The van der Waals surface area contributed by atoms with E-state index in [2.05, 4.69) is 18.7 Å². The summed E-state index contributed by atoms with van der Waals surface area (Å²) in [5.41, 5.74) is 1.17. The highest BCUT2D eigenvalue weighted by atomic mass is 32.2. The van der Waals surface area contributed by atoms with Gasteiger partial charge in [0, 0.05) is 16.8 Å². The van der Waals surface area contributed by atoms with Crippen LogP contribution in [0.5, 0.6) is 0 Å². The number of hydrogen-bond acceptors (Lipinski definition) is 5. The molecule has 2 nitrogen and oxygen atoms in total. The molecule has 0 spiro atoms. The quantitative estimate of drug-likeness (QED) is 0.858. The first kappa shape index (κ1) is 12.3. The number of hydrogen-bond donors (Lipinski definition) is 1. The number of thiazole rings is 1. The van der Waals surface area contributed by atoms with Crippen molar-refractivity contribution in [1.82, 2.24) is 4.98 Å². The highest BCUT2D eigenvalue weighted by Crippen LogP contribution is 2.46. The van der Waals surface area contributed by atoms with Crippen LogP contribution in [0.3, 0.4) is 0 Å². The lowest BCUT2D eigenvalue weighted by Crippen LogP contribution is -2.15. The maximum Gasteiger partial charge on any atom is 0.107 e. The summed E-state index contributed by atoms with van der Waals surface area (Å²) < 4.78 is 0. The number of fused-ring (bicyclic) bond motifs is 1. The minimum atomic E-state index is -0.249. The molecule has 1 aromatic heterocycles. The molecular formula is C12H17NOS3. The SMILES string of the molecule is CC1SCCSC1c1nc2c(s1)C(O)CCC2. The van der Waals surface area contributed by atoms with Crippen molar-refractivity contribution in [1.29, 1.82) is 0 Å². The molecule has 2 heterocycles. The number of rotatable bonds is 1. The van der Waals surface area contributed by atoms with E-state index in [1.807, 2.05) is 11.8 Å². The number of aryl methyl sites for hydroxylation is 1. The second kappa shape index (κ2) is 5.11. The molecule has 5 heteroatoms. The van der Waals surface area contributed by atoms with E-state index >= 15 is 0 Å². The largest absolute Gasteiger partial charge is 0.388 e. The van der Waals surface area contributed by atoms with Crippen molar-refractivity contribution in [3.05, 3.63) is 15.6 Å². The summed E-state index contributed by atoms with van der Waals surface area (Å²) in [4.78, 5) is 5.95. The molecule has 2 aliphatic rings. The maximum absolute atomic E-state index is 10.00. The third-order valence-electron chi connectivity index (χ3n) is 3.37. The van der Waals surface area contributed by atoms with Gasteiger partial charge < -0.3 is 5.11 Å². The first-order valence-electron chi connectivity index (χ1n) is 6.16. The molecule has 94 valence electrons. The predicted molar refractivity (Wildman–Crippen MR) is 77.1 cm³/mol. The summed E-state index contributed by atoms with van der Waals surface area (Å²) in [5, 5.41) is 12.4. The third-order valence-corrected chi connectivity index (χ3v) is 7.90. The lowest BCUT2D eigenvalue weighted by Gasteiger charge is -2.25. The summed E-state index contributed by atoms with van der Waals surface area (Å²) in [7, 11) is 0. The smallest absolute Gasteiger partial charge is 0.107 e. The molecule has 1 aliphatic carbocycles. The fourth-order valence-corrected chi connectivity index (χ4v) is 6.73. The Morgan fingerprint density at radius 1 is 1.29 bits per heavy atom. The van der Waals surface area contributed by atoms with Gasteiger partial charge in [0.05, 0.1) is 21.9 Å². The highest BCUT2D eigenvalue weighted by Gasteiger charge is 2.30. The Morgan fingerprint density at radius 2 is 2.12 bits per heavy atom. The summed E-state index contributed by atoms with van der Waals surface area (Å²) in [5.74, 6) is 2.49. The van der Waals surface area contributed by atoms with Gasteiger partial charge in [-0.1, -0.05) is 6.92 Å². The van der Waals surface area contributed by atoms with Crippen molar-refractivity contribution < 1.29 is 5.11 Å². The van der Waals surface area contributed by atoms with E-state index < -0.39 is 0 Å². The Hall–Kier alpha value is 0.290. The zero-order valence-electron chi connectivity index (χ0n) is 9.89. The molecule has 3 unspecified atom stereocenters. The van der Waals surface area contributed by atoms with E-state index in [0.29, 0.717) is 10.5 Å². The summed E-state index contributed by atoms with van der Waals surface area (Å²) in [6, 6.07) is 0. The average molecular weight is 287 g/mol. The number of aromatic nitrogens is 1. The fourth-order valence-electron chi connectivity index (χ4n) is 2.44. The lowest BCUT2D eigenvalue weighted by molar-refractivity contribution is 0.160. The van der Waals surface area contributed by atoms with Crippen molar-refractivity contribution in [2.75, 3.05) is 11.5 Å². The Bertz CT molecular complexity index is 406. The van der Waals surface area contributed by atoms with E-state index in [4.69, 9.17) is 4.98 Å². The van der Waals surface area contributed by atoms with Crippen LogP contribution in [0.2, 0.25) is 0 Å². The summed E-state index contributed by atoms with van der Waals surface area (Å²) in [6.45, 7) is 2.30. The Kier molecular flexibility index (Phi) is 3.71. The Balaban J connectivity index is 1.88. The van der Waals surface area contributed by atoms with Crippen LogP contribution in [0.4, 0.5) is 0 Å². The monoisotopic (exact) mass is 287 g/mol. The fraction of sp³-hybridized carbons (Fsp3) is 0.750. The molecule has 0 saturated carbocycles. The molecule has 1 N–H and O–H groups in total. The van der Waals surface area contributed by atoms with Gasteiger partial charge in [-0.3, -0.25) is 0 Å². The van der Waals surface area contributed by atoms with Crippen LogP contribution in [0.15, 0.2) is 0 Å². The molecular weight excluding hydrogens is 270 g/mol. The van der Waals surface area contributed by atoms with Gasteiger partial charge in [0.25, 0.3) is 0 Å². The molecule has 0 bridgehead atoms. The van der Waals surface area contributed by atoms with Crippen LogP contribution in [0, 0.1) is 0 Å². The summed E-state index contributed by atoms with van der Waals surface area (Å²) >= 11 is 5.84. The Morgan fingerprint density at radius 3 is 2.88 bits per heavy atom. The minimum Gasteiger partial charge on any atom is -0.388 e. The second-order valence-corrected chi connectivity index (χ2v) is 8.44. The van der Waals surface area contributed by atoms with E-state index in [0.717, 1.165) is 24.1 Å². The molecule has 0 amide bonds. The van der Waals surface area contributed by atoms with E-state index in [9.17, 15) is 5.11 Å². The molecule has 1 aliphatic heterocycles. The summed E-state index contributed by atoms with van der Waals surface area (Å²) in [6.07, 6.45) is 2.81. The van der Waals surface area contributed by atoms with Gasteiger partial charge in [0.2, 0.25) is 0 Å². The zero-order chi connectivity index (χ0) is 11.8. The van der Waals surface area contributed by atoms with Gasteiger partial charge in [-0.25, -0.2) is 4.98 Å². The first-order valence-corrected chi connectivity index (χ1v) is 9.08. The van der Waals surface area contributed by atoms with Crippen LogP contribution in [-0.4, -0.2) is 26.8 Å². The average Bonchev–Trinajstić information content (AvgIpc) is 2.75. The van der Waals surface area contributed by atoms with Crippen molar-refractivity contribution in [2.24, 2.45) is 0 Å². The normalized spacial score (nSPS) is 33.4. The van der Waals surface area contributed by atoms with E-state index in [1.54, 1.807) is 11.3 Å². The highest BCUT2D eigenvalue weighted by molar-refractivity contribution is 8.06. The van der Waals surface area contributed by atoms with Crippen LogP contribution in [0.25, 0.3) is 0 Å². The second-order valence-electron chi connectivity index (χ2n) is 4.64. The maximum atomic E-state index is 10.00. The van der Waals surface area contributed by atoms with Gasteiger partial charge in [0.1, 0.15) is 5.01 Å². The van der Waals surface area contributed by atoms with Crippen molar-refractivity contribution in [3.63, 3.8) is 0 Å². The minimum absolute atomic E-state index is 0.249. The molecule has 1 saturated heterocycles. The molecule has 0 aromatic carbocycles. The number of aliphatic hydroxyl groups excluding tert-OH is 1. The molecule has 3 rings (SSSR count). The van der Waals surface area contributed by atoms with Gasteiger partial charge in [-0.2, -0.15) is 11.8 Å². The van der Waals surface area contributed by atoms with Gasteiger partial charge in [-0.15, -0.1) is 23.1 Å². The molecule has 1 aromatic rings. The predicted octanol–water partition coefficient (Wildman–Crippen LogP) is 3.42. The number of aliphatic hydroxyl groups is 1. The molecule has 0 radical (unpaired) electrons. The van der Waals surface area contributed by atoms with E-state index in [-0.39, 0.29) is 6.10 Å². The van der Waals surface area contributed by atoms with E-state index in [1.165, 1.54) is 22.2 Å². The number of thioether (sulfide) groups is 2. The number of nitrogens with zero attached hydrogens (tertiary/aromatic N) is 1. The topological polar surface area (TPSA) is 33.1 Å². The molecule has 3 atom stereocenters. The first-order chi connectivity index (χ1) is 8.25. The van der Waals surface area contributed by atoms with Crippen LogP contribution < -0.4 is 0 Å². The van der Waals surface area contributed by atoms with Gasteiger partial charge in [-0.05, 0) is 19.3 Å². The molecule has 17 heavy (non-hydrogen) atoms. The standard InChI is InChI=1S/C12H17NOS3/c1-7-10(16-6-5-15-7)12-13-8-3-2-4-9(14)11(8)17-12/h7,9-10,14H,2-6H2,1H3. The van der Waals surface area contributed by atoms with Crippen molar-refractivity contribution in [3.8, 4) is 0 Å². The zero-order valence-corrected chi connectivity index (χ0v) is 12.3. The third kappa shape index (κ3) is 2.39. The Labute approximate surface area is 115 Å². The van der Waals surface area contributed by atoms with Gasteiger partial charge in [0.15, 0.2) is 0 Å². The van der Waals surface area contributed by atoms with Crippen molar-refractivity contribution in [2.45, 2.75) is 42.8 Å². The molecule has 1 fully saturated rings. The van der Waals surface area contributed by atoms with Gasteiger partial charge >= 0.3 is 0 Å². The van der Waals surface area contributed by atoms with Crippen LogP contribution in [0.1, 0.15) is 46.7 Å². The lowest BCUT2D eigenvalue weighted by atomic mass is 10.0. The van der Waals surface area contributed by atoms with Crippen molar-refractivity contribution >= 4 is 34.9 Å².